The first kappa shape index (κ1) is 13.9. The van der Waals surface area contributed by atoms with Crippen molar-refractivity contribution in [3.63, 3.8) is 0 Å². The topological polar surface area (TPSA) is 72.2 Å². The van der Waals surface area contributed by atoms with Gasteiger partial charge in [0.15, 0.2) is 0 Å². The number of rotatable bonds is 4. The van der Waals surface area contributed by atoms with Gasteiger partial charge in [-0.1, -0.05) is 34.8 Å². The number of anilines is 1. The minimum absolute atomic E-state index is 0.125. The minimum atomic E-state index is -3.50. The molecule has 1 aromatic rings. The molecule has 0 radical (unpaired) electrons. The Morgan fingerprint density at radius 2 is 1.69 bits per heavy atom. The third-order valence-electron chi connectivity index (χ3n) is 1.70. The van der Waals surface area contributed by atoms with Gasteiger partial charge < -0.3 is 5.32 Å². The molecule has 0 aromatic heterocycles. The summed E-state index contributed by atoms with van der Waals surface area (Å²) in [5.41, 5.74) is 0.441. The number of nitrogens with two attached hydrogens (primary N) is 1. The van der Waals surface area contributed by atoms with E-state index < -0.39 is 10.0 Å². The summed E-state index contributed by atoms with van der Waals surface area (Å²) in [6.07, 6.45) is 0. The maximum absolute atomic E-state index is 10.7. The van der Waals surface area contributed by atoms with Crippen LogP contribution in [0, 0.1) is 0 Å². The highest BCUT2D eigenvalue weighted by Gasteiger charge is 2.08. The van der Waals surface area contributed by atoms with Gasteiger partial charge in [0.25, 0.3) is 0 Å². The minimum Gasteiger partial charge on any atom is -0.382 e. The molecular formula is C8H9Cl3N2O2S. The molecule has 0 atom stereocenters. The van der Waals surface area contributed by atoms with Crippen molar-refractivity contribution in [3.8, 4) is 0 Å². The van der Waals surface area contributed by atoms with Gasteiger partial charge >= 0.3 is 0 Å². The van der Waals surface area contributed by atoms with E-state index >= 15 is 0 Å². The van der Waals surface area contributed by atoms with E-state index in [-0.39, 0.29) is 12.3 Å². The molecule has 1 aromatic carbocycles. The van der Waals surface area contributed by atoms with Gasteiger partial charge in [0.2, 0.25) is 10.0 Å². The number of sulfonamides is 1. The average Bonchev–Trinajstić information content (AvgIpc) is 2.07. The molecule has 0 bridgehead atoms. The largest absolute Gasteiger partial charge is 0.382 e. The zero-order valence-electron chi connectivity index (χ0n) is 8.00. The van der Waals surface area contributed by atoms with E-state index in [1.54, 1.807) is 0 Å². The maximum Gasteiger partial charge on any atom is 0.210 e. The summed E-state index contributed by atoms with van der Waals surface area (Å²) < 4.78 is 21.4. The average molecular weight is 304 g/mol. The Kier molecular flexibility index (Phi) is 4.70. The molecule has 1 rings (SSSR count). The van der Waals surface area contributed by atoms with Crippen molar-refractivity contribution in [1.82, 2.24) is 0 Å². The Hall–Kier alpha value is -0.200. The molecule has 0 aliphatic heterocycles. The summed E-state index contributed by atoms with van der Waals surface area (Å²) in [7, 11) is -3.50. The van der Waals surface area contributed by atoms with Gasteiger partial charge in [-0.05, 0) is 12.1 Å². The van der Waals surface area contributed by atoms with Crippen LogP contribution in [0.5, 0.6) is 0 Å². The molecule has 0 aliphatic carbocycles. The summed E-state index contributed by atoms with van der Waals surface area (Å²) in [6.45, 7) is 0.125. The van der Waals surface area contributed by atoms with E-state index in [1.165, 1.54) is 12.1 Å². The lowest BCUT2D eigenvalue weighted by molar-refractivity contribution is 0.598. The molecule has 0 fully saturated rings. The molecule has 0 saturated heterocycles. The second-order valence-electron chi connectivity index (χ2n) is 3.04. The highest BCUT2D eigenvalue weighted by Crippen LogP contribution is 2.33. The van der Waals surface area contributed by atoms with Crippen molar-refractivity contribution in [2.45, 2.75) is 0 Å². The first-order valence-electron chi connectivity index (χ1n) is 4.18. The zero-order chi connectivity index (χ0) is 12.3. The van der Waals surface area contributed by atoms with Crippen LogP contribution in [0.1, 0.15) is 0 Å². The van der Waals surface area contributed by atoms with Gasteiger partial charge in [-0.15, -0.1) is 0 Å². The number of primary sulfonamides is 1. The van der Waals surface area contributed by atoms with Crippen LogP contribution in [-0.4, -0.2) is 20.7 Å². The molecule has 3 N–H and O–H groups in total. The zero-order valence-corrected chi connectivity index (χ0v) is 11.1. The maximum atomic E-state index is 10.7. The van der Waals surface area contributed by atoms with Crippen LogP contribution in [0.25, 0.3) is 0 Å². The van der Waals surface area contributed by atoms with E-state index in [0.717, 1.165) is 0 Å². The highest BCUT2D eigenvalue weighted by molar-refractivity contribution is 7.89. The van der Waals surface area contributed by atoms with Gasteiger partial charge in [0, 0.05) is 11.6 Å². The molecule has 0 amide bonds. The fourth-order valence-electron chi connectivity index (χ4n) is 1.03. The van der Waals surface area contributed by atoms with Crippen LogP contribution < -0.4 is 10.5 Å². The Labute approximate surface area is 109 Å². The predicted octanol–water partition coefficient (Wildman–Crippen LogP) is 2.35. The Bertz CT molecular complexity index is 467. The van der Waals surface area contributed by atoms with Crippen LogP contribution in [0.4, 0.5) is 5.69 Å². The van der Waals surface area contributed by atoms with E-state index in [0.29, 0.717) is 20.8 Å². The third-order valence-corrected chi connectivity index (χ3v) is 3.28. The number of hydrogen-bond acceptors (Lipinski definition) is 3. The van der Waals surface area contributed by atoms with Crippen LogP contribution in [-0.2, 0) is 10.0 Å². The molecule has 8 heteroatoms. The first-order valence-corrected chi connectivity index (χ1v) is 7.03. The standard InChI is InChI=1S/C8H9Cl3N2O2S/c9-5-3-6(10)8(7(11)4-5)13-1-2-16(12,14)15/h3-4,13H,1-2H2,(H2,12,14,15). The normalized spacial score (nSPS) is 11.5. The molecule has 0 unspecified atom stereocenters. The van der Waals surface area contributed by atoms with Gasteiger partial charge in [-0.25, -0.2) is 13.6 Å². The fraction of sp³-hybridized carbons (Fsp3) is 0.250. The number of hydrogen-bond donors (Lipinski definition) is 2. The van der Waals surface area contributed by atoms with Crippen molar-refractivity contribution in [2.75, 3.05) is 17.6 Å². The summed E-state index contributed by atoms with van der Waals surface area (Å²) in [5.74, 6) is -0.206. The summed E-state index contributed by atoms with van der Waals surface area (Å²) in [6, 6.07) is 3.02. The van der Waals surface area contributed by atoms with Crippen LogP contribution in [0.15, 0.2) is 12.1 Å². The number of benzene rings is 1. The molecule has 0 spiro atoms. The lowest BCUT2D eigenvalue weighted by Crippen LogP contribution is -2.22. The second-order valence-corrected chi connectivity index (χ2v) is 6.02. The van der Waals surface area contributed by atoms with Gasteiger partial charge in [0.05, 0.1) is 21.5 Å². The molecule has 16 heavy (non-hydrogen) atoms. The summed E-state index contributed by atoms with van der Waals surface area (Å²) >= 11 is 17.5. The van der Waals surface area contributed by atoms with E-state index in [4.69, 9.17) is 39.9 Å². The Morgan fingerprint density at radius 1 is 1.19 bits per heavy atom. The highest BCUT2D eigenvalue weighted by atomic mass is 35.5. The second kappa shape index (κ2) is 5.42. The summed E-state index contributed by atoms with van der Waals surface area (Å²) in [4.78, 5) is 0. The lowest BCUT2D eigenvalue weighted by atomic mass is 10.3. The van der Waals surface area contributed by atoms with Crippen molar-refractivity contribution >= 4 is 50.5 Å². The van der Waals surface area contributed by atoms with Crippen molar-refractivity contribution in [2.24, 2.45) is 5.14 Å². The van der Waals surface area contributed by atoms with Crippen LogP contribution in [0.2, 0.25) is 15.1 Å². The third kappa shape index (κ3) is 4.35. The van der Waals surface area contributed by atoms with Gasteiger partial charge in [-0.2, -0.15) is 0 Å². The molecule has 4 nitrogen and oxygen atoms in total. The monoisotopic (exact) mass is 302 g/mol. The number of halogens is 3. The first-order chi connectivity index (χ1) is 7.29. The summed E-state index contributed by atoms with van der Waals surface area (Å²) in [5, 5.41) is 8.69. The predicted molar refractivity (Wildman–Crippen MR) is 67.9 cm³/mol. The fourth-order valence-corrected chi connectivity index (χ4v) is 2.37. The van der Waals surface area contributed by atoms with Crippen molar-refractivity contribution < 1.29 is 8.42 Å². The quantitative estimate of drug-likeness (QED) is 0.897. The van der Waals surface area contributed by atoms with E-state index in [1.807, 2.05) is 0 Å². The SMILES string of the molecule is NS(=O)(=O)CCNc1c(Cl)cc(Cl)cc1Cl. The van der Waals surface area contributed by atoms with E-state index in [2.05, 4.69) is 5.32 Å². The molecule has 90 valence electrons. The van der Waals surface area contributed by atoms with Gasteiger partial charge in [0.1, 0.15) is 0 Å². The van der Waals surface area contributed by atoms with Gasteiger partial charge in [-0.3, -0.25) is 0 Å². The molecule has 0 aliphatic rings. The molecular weight excluding hydrogens is 295 g/mol. The Morgan fingerprint density at radius 3 is 2.12 bits per heavy atom. The van der Waals surface area contributed by atoms with Crippen LogP contribution in [0.3, 0.4) is 0 Å². The van der Waals surface area contributed by atoms with Crippen molar-refractivity contribution in [3.05, 3.63) is 27.2 Å². The molecule has 0 heterocycles. The smallest absolute Gasteiger partial charge is 0.210 e. The molecule has 0 saturated carbocycles. The van der Waals surface area contributed by atoms with Crippen LogP contribution >= 0.6 is 34.8 Å². The van der Waals surface area contributed by atoms with Crippen molar-refractivity contribution in [1.29, 1.82) is 0 Å². The van der Waals surface area contributed by atoms with E-state index in [9.17, 15) is 8.42 Å². The Balaban J connectivity index is 2.75. The number of nitrogens with one attached hydrogen (secondary N) is 1. The lowest BCUT2D eigenvalue weighted by Gasteiger charge is -2.10.